The van der Waals surface area contributed by atoms with Gasteiger partial charge in [0, 0.05) is 25.6 Å². The van der Waals surface area contributed by atoms with E-state index < -0.39 is 33.0 Å². The second kappa shape index (κ2) is 9.21. The molecule has 2 aromatic carbocycles. The Morgan fingerprint density at radius 1 is 0.964 bits per heavy atom. The maximum atomic E-state index is 12.9. The molecule has 0 aliphatic carbocycles. The summed E-state index contributed by atoms with van der Waals surface area (Å²) < 4.78 is 0. The van der Waals surface area contributed by atoms with E-state index in [1.54, 1.807) is 0 Å². The van der Waals surface area contributed by atoms with Crippen molar-refractivity contribution in [2.24, 2.45) is 5.73 Å². The molecule has 0 saturated carbocycles. The first-order valence-electron chi connectivity index (χ1n) is 8.34. The number of carbonyl (C=O) groups excluding carboxylic acids is 2. The number of nitrogens with two attached hydrogens (primary N) is 1. The minimum absolute atomic E-state index is 0.0187. The van der Waals surface area contributed by atoms with Crippen LogP contribution in [-0.4, -0.2) is 39.7 Å². The van der Waals surface area contributed by atoms with Crippen LogP contribution in [0.5, 0.6) is 0 Å². The second-order valence-electron chi connectivity index (χ2n) is 5.96. The van der Waals surface area contributed by atoms with Crippen LogP contribution >= 0.6 is 0 Å². The molecule has 0 radical (unpaired) electrons. The summed E-state index contributed by atoms with van der Waals surface area (Å²) in [6, 6.07) is 12.1. The van der Waals surface area contributed by atoms with Gasteiger partial charge in [0.15, 0.2) is 0 Å². The van der Waals surface area contributed by atoms with Gasteiger partial charge in [-0.25, -0.2) is 0 Å². The lowest BCUT2D eigenvalue weighted by molar-refractivity contribution is -0.394. The van der Waals surface area contributed by atoms with Crippen molar-refractivity contribution in [2.45, 2.75) is 12.8 Å². The molecule has 0 unspecified atom stereocenters. The molecule has 0 bridgehead atoms. The van der Waals surface area contributed by atoms with E-state index in [4.69, 9.17) is 5.73 Å². The van der Waals surface area contributed by atoms with Crippen LogP contribution in [0.25, 0.3) is 0 Å². The number of benzene rings is 2. The molecule has 0 heterocycles. The first-order valence-corrected chi connectivity index (χ1v) is 8.34. The molecule has 2 rings (SSSR count). The van der Waals surface area contributed by atoms with E-state index in [2.05, 4.69) is 0 Å². The number of nitro benzene ring substituents is 2. The molecule has 146 valence electrons. The van der Waals surface area contributed by atoms with Crippen LogP contribution < -0.4 is 5.73 Å². The number of non-ortho nitro benzene ring substituents is 1. The molecule has 0 spiro atoms. The summed E-state index contributed by atoms with van der Waals surface area (Å²) >= 11 is 0. The van der Waals surface area contributed by atoms with E-state index in [0.717, 1.165) is 23.8 Å². The quantitative estimate of drug-likeness (QED) is 0.515. The summed E-state index contributed by atoms with van der Waals surface area (Å²) in [5, 5.41) is 22.2. The van der Waals surface area contributed by atoms with Crippen molar-refractivity contribution in [1.82, 2.24) is 4.90 Å². The van der Waals surface area contributed by atoms with Gasteiger partial charge in [0.25, 0.3) is 17.3 Å². The number of nitro groups is 2. The van der Waals surface area contributed by atoms with Crippen LogP contribution in [0, 0.1) is 20.2 Å². The zero-order valence-electron chi connectivity index (χ0n) is 14.8. The predicted octanol–water partition coefficient (Wildman–Crippen LogP) is 2.06. The molecule has 2 N–H and O–H groups in total. The highest BCUT2D eigenvalue weighted by atomic mass is 16.6. The molecule has 0 aliphatic heterocycles. The third kappa shape index (κ3) is 5.34. The minimum atomic E-state index is -0.844. The van der Waals surface area contributed by atoms with Crippen LogP contribution in [-0.2, 0) is 11.2 Å². The summed E-state index contributed by atoms with van der Waals surface area (Å²) in [6.07, 6.45) is 0.355. The first-order chi connectivity index (χ1) is 13.3. The summed E-state index contributed by atoms with van der Waals surface area (Å²) in [7, 11) is 0. The normalized spacial score (nSPS) is 10.3. The van der Waals surface area contributed by atoms with Gasteiger partial charge in [-0.2, -0.15) is 0 Å². The molecule has 28 heavy (non-hydrogen) atoms. The van der Waals surface area contributed by atoms with Gasteiger partial charge >= 0.3 is 0 Å². The van der Waals surface area contributed by atoms with Gasteiger partial charge in [0.1, 0.15) is 5.56 Å². The zero-order chi connectivity index (χ0) is 20.7. The number of nitrogens with zero attached hydrogens (tertiary/aromatic N) is 3. The van der Waals surface area contributed by atoms with Gasteiger partial charge in [0.05, 0.1) is 15.9 Å². The average Bonchev–Trinajstić information content (AvgIpc) is 2.67. The van der Waals surface area contributed by atoms with Crippen molar-refractivity contribution in [1.29, 1.82) is 0 Å². The SMILES string of the molecule is NC(=O)CCN(CCc1ccccc1)C(=O)c1ccc([N+](=O)[O-])cc1[N+](=O)[O-]. The van der Waals surface area contributed by atoms with Crippen molar-refractivity contribution in [3.8, 4) is 0 Å². The van der Waals surface area contributed by atoms with Gasteiger partial charge in [-0.15, -0.1) is 0 Å². The van der Waals surface area contributed by atoms with Crippen molar-refractivity contribution in [2.75, 3.05) is 13.1 Å². The van der Waals surface area contributed by atoms with E-state index >= 15 is 0 Å². The molecule has 2 aromatic rings. The van der Waals surface area contributed by atoms with Gasteiger partial charge in [-0.3, -0.25) is 29.8 Å². The Bertz CT molecular complexity index is 900. The highest BCUT2D eigenvalue weighted by Crippen LogP contribution is 2.26. The summed E-state index contributed by atoms with van der Waals surface area (Å²) in [5.74, 6) is -1.31. The third-order valence-corrected chi connectivity index (χ3v) is 4.05. The fourth-order valence-electron chi connectivity index (χ4n) is 2.60. The maximum absolute atomic E-state index is 12.9. The monoisotopic (exact) mass is 386 g/mol. The topological polar surface area (TPSA) is 150 Å². The van der Waals surface area contributed by atoms with Crippen molar-refractivity contribution in [3.05, 3.63) is 79.9 Å². The number of hydrogen-bond donors (Lipinski definition) is 1. The molecule has 2 amide bonds. The van der Waals surface area contributed by atoms with Crippen LogP contribution in [0.4, 0.5) is 11.4 Å². The van der Waals surface area contributed by atoms with Gasteiger partial charge < -0.3 is 10.6 Å². The lowest BCUT2D eigenvalue weighted by atomic mass is 10.1. The van der Waals surface area contributed by atoms with Crippen molar-refractivity contribution >= 4 is 23.2 Å². The number of rotatable bonds is 9. The highest BCUT2D eigenvalue weighted by molar-refractivity contribution is 5.98. The fraction of sp³-hybridized carbons (Fsp3) is 0.222. The van der Waals surface area contributed by atoms with Gasteiger partial charge in [-0.1, -0.05) is 30.3 Å². The standard InChI is InChI=1S/C18H18N4O6/c19-17(23)9-11-20(10-8-13-4-2-1-3-5-13)18(24)15-7-6-14(21(25)26)12-16(15)22(27)28/h1-7,12H,8-11H2,(H2,19,23). The second-order valence-corrected chi connectivity index (χ2v) is 5.96. The number of primary amides is 1. The Kier molecular flexibility index (Phi) is 6.74. The van der Waals surface area contributed by atoms with Crippen molar-refractivity contribution in [3.63, 3.8) is 0 Å². The Labute approximate surface area is 159 Å². The smallest absolute Gasteiger partial charge is 0.289 e. The molecule has 10 nitrogen and oxygen atoms in total. The molecule has 0 saturated heterocycles. The van der Waals surface area contributed by atoms with Gasteiger partial charge in [0.2, 0.25) is 5.91 Å². The van der Waals surface area contributed by atoms with Crippen LogP contribution in [0.2, 0.25) is 0 Å². The molecule has 0 atom stereocenters. The van der Waals surface area contributed by atoms with Crippen LogP contribution in [0.3, 0.4) is 0 Å². The molecule has 10 heteroatoms. The van der Waals surface area contributed by atoms with E-state index in [1.807, 2.05) is 30.3 Å². The van der Waals surface area contributed by atoms with E-state index in [0.29, 0.717) is 6.42 Å². The minimum Gasteiger partial charge on any atom is -0.370 e. The van der Waals surface area contributed by atoms with Crippen LogP contribution in [0.1, 0.15) is 22.3 Å². The van der Waals surface area contributed by atoms with E-state index in [9.17, 15) is 29.8 Å². The number of hydrogen-bond acceptors (Lipinski definition) is 6. The van der Waals surface area contributed by atoms with Crippen LogP contribution in [0.15, 0.2) is 48.5 Å². The summed E-state index contributed by atoms with van der Waals surface area (Å²) in [4.78, 5) is 45.9. The van der Waals surface area contributed by atoms with Gasteiger partial charge in [-0.05, 0) is 18.1 Å². The van der Waals surface area contributed by atoms with Crippen molar-refractivity contribution < 1.29 is 19.4 Å². The Morgan fingerprint density at radius 3 is 2.21 bits per heavy atom. The van der Waals surface area contributed by atoms with E-state index in [1.165, 1.54) is 4.90 Å². The lowest BCUT2D eigenvalue weighted by Crippen LogP contribution is -2.36. The molecular weight excluding hydrogens is 368 g/mol. The largest absolute Gasteiger partial charge is 0.370 e. The molecular formula is C18H18N4O6. The lowest BCUT2D eigenvalue weighted by Gasteiger charge is -2.22. The first kappa shape index (κ1) is 20.5. The Morgan fingerprint density at radius 2 is 1.64 bits per heavy atom. The number of carbonyl (C=O) groups is 2. The number of amides is 2. The van der Waals surface area contributed by atoms with E-state index in [-0.39, 0.29) is 25.1 Å². The average molecular weight is 386 g/mol. The predicted molar refractivity (Wildman–Crippen MR) is 99.6 cm³/mol. The highest BCUT2D eigenvalue weighted by Gasteiger charge is 2.27. The summed E-state index contributed by atoms with van der Waals surface area (Å²) in [5.41, 5.74) is 4.66. The fourth-order valence-corrected chi connectivity index (χ4v) is 2.60. The molecule has 0 aromatic heterocycles. The summed E-state index contributed by atoms with van der Waals surface area (Å²) in [6.45, 7) is 0.180. The Hall–Kier alpha value is -3.82. The maximum Gasteiger partial charge on any atom is 0.289 e. The molecule has 0 aliphatic rings. The molecule has 0 fully saturated rings. The third-order valence-electron chi connectivity index (χ3n) is 4.05. The Balaban J connectivity index is 2.30. The zero-order valence-corrected chi connectivity index (χ0v) is 14.8.